The summed E-state index contributed by atoms with van der Waals surface area (Å²) in [5, 5.41) is 9.53. The molecule has 0 aromatic heterocycles. The molecule has 2 aromatic carbocycles. The first-order valence-electron chi connectivity index (χ1n) is 4.44. The van der Waals surface area contributed by atoms with Crippen LogP contribution in [0.25, 0.3) is 10.8 Å². The number of amidine groups is 1. The van der Waals surface area contributed by atoms with Crippen molar-refractivity contribution >= 4 is 16.6 Å². The molecule has 0 aliphatic carbocycles. The largest absolute Gasteiger partial charge is 0.387 e. The molecule has 0 fully saturated rings. The molecule has 2 aromatic rings. The van der Waals surface area contributed by atoms with Crippen LogP contribution >= 0.6 is 0 Å². The molecule has 0 saturated heterocycles. The van der Waals surface area contributed by atoms with Gasteiger partial charge in [-0.1, -0.05) is 42.5 Å². The van der Waals surface area contributed by atoms with Crippen molar-refractivity contribution in [3.05, 3.63) is 54.4 Å². The van der Waals surface area contributed by atoms with E-state index in [1.807, 2.05) is 42.5 Å². The van der Waals surface area contributed by atoms with Gasteiger partial charge in [-0.3, -0.25) is 5.41 Å². The third-order valence-corrected chi connectivity index (χ3v) is 2.13. The average molecular weight is 183 g/mol. The van der Waals surface area contributed by atoms with Crippen LogP contribution < -0.4 is 5.73 Å². The molecule has 2 rings (SSSR count). The lowest BCUT2D eigenvalue weighted by Gasteiger charge is -2.04. The Labute approximate surface area is 82.9 Å². The van der Waals surface area contributed by atoms with Crippen LogP contribution in [0.4, 0.5) is 0 Å². The fraction of sp³-hybridized carbons (Fsp3) is 0. The Kier molecular flexibility index (Phi) is 2.19. The van der Waals surface area contributed by atoms with E-state index in [0.717, 1.165) is 10.9 Å². The average Bonchev–Trinajstić information content (AvgIpc) is 2.18. The Balaban J connectivity index is 2.59. The number of hydrogen-bond acceptors (Lipinski definition) is 1. The molecule has 0 unspecified atom stereocenters. The van der Waals surface area contributed by atoms with Gasteiger partial charge >= 0.3 is 0 Å². The standard InChI is InChI=1S/C12H11N2/c13-12(14)8-10-6-3-5-9-4-1-2-7-11(9)10/h1-8H,(H3,13,14). The lowest BCUT2D eigenvalue weighted by molar-refractivity contribution is 1.42. The topological polar surface area (TPSA) is 49.9 Å². The lowest BCUT2D eigenvalue weighted by atomic mass is 10.0. The van der Waals surface area contributed by atoms with E-state index >= 15 is 0 Å². The molecule has 0 atom stereocenters. The maximum atomic E-state index is 7.23. The number of nitrogens with two attached hydrogens (primary N) is 1. The summed E-state index contributed by atoms with van der Waals surface area (Å²) in [7, 11) is 0. The summed E-state index contributed by atoms with van der Waals surface area (Å²) < 4.78 is 0. The first-order valence-corrected chi connectivity index (χ1v) is 4.44. The highest BCUT2D eigenvalue weighted by Crippen LogP contribution is 2.19. The third kappa shape index (κ3) is 1.59. The van der Waals surface area contributed by atoms with Gasteiger partial charge in [0.05, 0.1) is 12.3 Å². The molecule has 69 valence electrons. The van der Waals surface area contributed by atoms with Crippen molar-refractivity contribution in [1.29, 1.82) is 5.41 Å². The number of hydrogen-bond donors (Lipinski definition) is 2. The van der Waals surface area contributed by atoms with Gasteiger partial charge in [0.15, 0.2) is 0 Å². The van der Waals surface area contributed by atoms with Gasteiger partial charge in [-0.15, -0.1) is 0 Å². The van der Waals surface area contributed by atoms with Crippen molar-refractivity contribution in [3.63, 3.8) is 0 Å². The van der Waals surface area contributed by atoms with E-state index in [1.54, 1.807) is 6.42 Å². The smallest absolute Gasteiger partial charge is 0.0993 e. The fourth-order valence-corrected chi connectivity index (χ4v) is 1.54. The SMILES string of the molecule is N=C(N)[CH]c1cccc2ccccc12. The van der Waals surface area contributed by atoms with Crippen molar-refractivity contribution < 1.29 is 0 Å². The van der Waals surface area contributed by atoms with Gasteiger partial charge in [-0.25, -0.2) is 0 Å². The van der Waals surface area contributed by atoms with Crippen LogP contribution in [-0.4, -0.2) is 5.84 Å². The van der Waals surface area contributed by atoms with E-state index in [2.05, 4.69) is 0 Å². The van der Waals surface area contributed by atoms with Gasteiger partial charge in [0.2, 0.25) is 0 Å². The molecular formula is C12H11N2. The molecule has 3 N–H and O–H groups in total. The molecule has 0 aliphatic heterocycles. The maximum Gasteiger partial charge on any atom is 0.0993 e. The number of nitrogens with one attached hydrogen (secondary N) is 1. The number of benzene rings is 2. The normalized spacial score (nSPS) is 10.3. The van der Waals surface area contributed by atoms with Crippen molar-refractivity contribution in [1.82, 2.24) is 0 Å². The predicted molar refractivity (Wildman–Crippen MR) is 59.3 cm³/mol. The maximum absolute atomic E-state index is 7.23. The Morgan fingerprint density at radius 1 is 1.07 bits per heavy atom. The van der Waals surface area contributed by atoms with Gasteiger partial charge in [-0.2, -0.15) is 0 Å². The quantitative estimate of drug-likeness (QED) is 0.545. The van der Waals surface area contributed by atoms with Gasteiger partial charge in [0.25, 0.3) is 0 Å². The highest BCUT2D eigenvalue weighted by molar-refractivity contribution is 5.96. The Morgan fingerprint density at radius 2 is 1.79 bits per heavy atom. The molecule has 0 aliphatic rings. The Hall–Kier alpha value is -1.83. The summed E-state index contributed by atoms with van der Waals surface area (Å²) in [4.78, 5) is 0. The molecule has 0 spiro atoms. The molecule has 1 radical (unpaired) electrons. The zero-order valence-electron chi connectivity index (χ0n) is 7.70. The summed E-state index contributed by atoms with van der Waals surface area (Å²) in [6, 6.07) is 14.0. The third-order valence-electron chi connectivity index (χ3n) is 2.13. The zero-order chi connectivity index (χ0) is 9.97. The first-order chi connectivity index (χ1) is 6.77. The van der Waals surface area contributed by atoms with Crippen LogP contribution in [0.3, 0.4) is 0 Å². The van der Waals surface area contributed by atoms with Crippen LogP contribution in [0.15, 0.2) is 42.5 Å². The van der Waals surface area contributed by atoms with E-state index in [0.29, 0.717) is 0 Å². The monoisotopic (exact) mass is 183 g/mol. The molecule has 14 heavy (non-hydrogen) atoms. The minimum atomic E-state index is 0.0846. The minimum absolute atomic E-state index is 0.0846. The molecule has 0 heterocycles. The highest BCUT2D eigenvalue weighted by atomic mass is 14.7. The van der Waals surface area contributed by atoms with Crippen LogP contribution in [0, 0.1) is 11.8 Å². The molecular weight excluding hydrogens is 172 g/mol. The second-order valence-electron chi connectivity index (χ2n) is 3.17. The summed E-state index contributed by atoms with van der Waals surface area (Å²) in [6.07, 6.45) is 1.67. The summed E-state index contributed by atoms with van der Waals surface area (Å²) in [5.74, 6) is 0.0846. The van der Waals surface area contributed by atoms with E-state index in [1.165, 1.54) is 5.39 Å². The summed E-state index contributed by atoms with van der Waals surface area (Å²) in [6.45, 7) is 0. The van der Waals surface area contributed by atoms with Crippen LogP contribution in [0.1, 0.15) is 5.56 Å². The molecule has 0 amide bonds. The van der Waals surface area contributed by atoms with Crippen LogP contribution in [0.5, 0.6) is 0 Å². The number of fused-ring (bicyclic) bond motifs is 1. The minimum Gasteiger partial charge on any atom is -0.387 e. The molecule has 0 saturated carbocycles. The second-order valence-corrected chi connectivity index (χ2v) is 3.17. The van der Waals surface area contributed by atoms with E-state index in [4.69, 9.17) is 11.1 Å². The van der Waals surface area contributed by atoms with Crippen molar-refractivity contribution in [2.24, 2.45) is 5.73 Å². The molecule has 0 bridgehead atoms. The van der Waals surface area contributed by atoms with E-state index in [9.17, 15) is 0 Å². The fourth-order valence-electron chi connectivity index (χ4n) is 1.54. The Morgan fingerprint density at radius 3 is 2.57 bits per heavy atom. The van der Waals surface area contributed by atoms with Crippen molar-refractivity contribution in [3.8, 4) is 0 Å². The van der Waals surface area contributed by atoms with Gasteiger partial charge in [0.1, 0.15) is 0 Å². The van der Waals surface area contributed by atoms with Gasteiger partial charge < -0.3 is 5.73 Å². The summed E-state index contributed by atoms with van der Waals surface area (Å²) in [5.41, 5.74) is 6.34. The van der Waals surface area contributed by atoms with E-state index in [-0.39, 0.29) is 5.84 Å². The second kappa shape index (κ2) is 3.50. The number of rotatable bonds is 2. The first kappa shape index (κ1) is 8.75. The van der Waals surface area contributed by atoms with Crippen molar-refractivity contribution in [2.45, 2.75) is 0 Å². The highest BCUT2D eigenvalue weighted by Gasteiger charge is 2.01. The van der Waals surface area contributed by atoms with Gasteiger partial charge in [-0.05, 0) is 16.3 Å². The van der Waals surface area contributed by atoms with Crippen molar-refractivity contribution in [2.75, 3.05) is 0 Å². The summed E-state index contributed by atoms with van der Waals surface area (Å²) >= 11 is 0. The molecule has 2 nitrogen and oxygen atoms in total. The predicted octanol–water partition coefficient (Wildman–Crippen LogP) is 2.33. The van der Waals surface area contributed by atoms with Crippen LogP contribution in [-0.2, 0) is 0 Å². The lowest BCUT2D eigenvalue weighted by Crippen LogP contribution is -2.10. The van der Waals surface area contributed by atoms with E-state index < -0.39 is 0 Å². The van der Waals surface area contributed by atoms with Gasteiger partial charge in [0, 0.05) is 0 Å². The Bertz CT molecular complexity index is 469. The zero-order valence-corrected chi connectivity index (χ0v) is 7.70. The van der Waals surface area contributed by atoms with Crippen LogP contribution in [0.2, 0.25) is 0 Å². The molecule has 2 heteroatoms.